The maximum absolute atomic E-state index is 5.05. The standard InChI is InChI=1S/C47H64B2Br2N2/c1-7-13-15-17-19-21-27-47(28-22-20-18-16-14-8-2)41-29-39(45-25-23-35(50)33-52-45)43(48(9-3)10-4)31-37(41)38-32-44(49(11-5)12-6)40(30-42(38)47)46-26-24-36(51)34-53-46/h23-26,29-34H,7-22,27-28H2,1-6H3. The van der Waals surface area contributed by atoms with Crippen LogP contribution in [0.4, 0.5) is 0 Å². The van der Waals surface area contributed by atoms with Crippen molar-refractivity contribution in [1.82, 2.24) is 9.97 Å². The van der Waals surface area contributed by atoms with Gasteiger partial charge in [0.2, 0.25) is 0 Å². The number of unbranched alkanes of at least 4 members (excludes halogenated alkanes) is 10. The van der Waals surface area contributed by atoms with Gasteiger partial charge >= 0.3 is 0 Å². The maximum Gasteiger partial charge on any atom is 0.176 e. The molecular weight excluding hydrogens is 774 g/mol. The van der Waals surface area contributed by atoms with E-state index in [0.29, 0.717) is 13.4 Å². The molecule has 0 fully saturated rings. The molecule has 0 N–H and O–H groups in total. The second kappa shape index (κ2) is 20.7. The molecule has 2 heterocycles. The summed E-state index contributed by atoms with van der Waals surface area (Å²) in [7, 11) is 0. The second-order valence-electron chi connectivity index (χ2n) is 15.8. The average Bonchev–Trinajstić information content (AvgIpc) is 3.43. The fraction of sp³-hybridized carbons (Fsp3) is 0.532. The number of halogens is 2. The molecule has 0 bridgehead atoms. The van der Waals surface area contributed by atoms with Gasteiger partial charge in [0.25, 0.3) is 0 Å². The summed E-state index contributed by atoms with van der Waals surface area (Å²) in [6.45, 7) is 15.1. The molecule has 2 nitrogen and oxygen atoms in total. The smallest absolute Gasteiger partial charge is 0.176 e. The zero-order valence-electron chi connectivity index (χ0n) is 33.8. The van der Waals surface area contributed by atoms with E-state index >= 15 is 0 Å². The summed E-state index contributed by atoms with van der Waals surface area (Å²) in [6, 6.07) is 19.4. The summed E-state index contributed by atoms with van der Waals surface area (Å²) in [5.41, 5.74) is 13.8. The Morgan fingerprint density at radius 2 is 0.849 bits per heavy atom. The molecule has 53 heavy (non-hydrogen) atoms. The molecule has 282 valence electrons. The molecule has 2 aromatic carbocycles. The van der Waals surface area contributed by atoms with Gasteiger partial charge in [-0.3, -0.25) is 9.97 Å². The molecule has 0 radical (unpaired) electrons. The van der Waals surface area contributed by atoms with Crippen LogP contribution in [0.3, 0.4) is 0 Å². The van der Waals surface area contributed by atoms with Crippen molar-refractivity contribution >= 4 is 56.2 Å². The lowest BCUT2D eigenvalue weighted by Crippen LogP contribution is -2.32. The van der Waals surface area contributed by atoms with Gasteiger partial charge in [-0.15, -0.1) is 0 Å². The van der Waals surface area contributed by atoms with E-state index in [1.54, 1.807) is 11.1 Å². The molecule has 0 spiro atoms. The molecule has 0 aliphatic heterocycles. The number of fused-ring (bicyclic) bond motifs is 3. The molecule has 0 amide bonds. The van der Waals surface area contributed by atoms with E-state index in [-0.39, 0.29) is 5.41 Å². The van der Waals surface area contributed by atoms with Gasteiger partial charge in [-0.1, -0.05) is 167 Å². The summed E-state index contributed by atoms with van der Waals surface area (Å²) in [5, 5.41) is 0. The van der Waals surface area contributed by atoms with Crippen molar-refractivity contribution in [3.05, 3.63) is 81.0 Å². The van der Waals surface area contributed by atoms with Crippen LogP contribution in [0, 0.1) is 0 Å². The Hall–Kier alpha value is -2.17. The molecule has 0 saturated heterocycles. The summed E-state index contributed by atoms with van der Waals surface area (Å²) < 4.78 is 2.06. The Labute approximate surface area is 341 Å². The van der Waals surface area contributed by atoms with Crippen molar-refractivity contribution in [2.75, 3.05) is 0 Å². The Morgan fingerprint density at radius 3 is 1.19 bits per heavy atom. The van der Waals surface area contributed by atoms with Crippen molar-refractivity contribution in [1.29, 1.82) is 0 Å². The van der Waals surface area contributed by atoms with E-state index in [1.165, 1.54) is 123 Å². The number of benzene rings is 2. The molecule has 4 aromatic rings. The van der Waals surface area contributed by atoms with Gasteiger partial charge in [-0.05, 0) is 114 Å². The Balaban J connectivity index is 1.79. The van der Waals surface area contributed by atoms with Crippen molar-refractivity contribution in [3.63, 3.8) is 0 Å². The molecule has 6 heteroatoms. The number of hydrogen-bond acceptors (Lipinski definition) is 2. The predicted molar refractivity (Wildman–Crippen MR) is 243 cm³/mol. The van der Waals surface area contributed by atoms with E-state index in [2.05, 4.69) is 122 Å². The van der Waals surface area contributed by atoms with Gasteiger partial charge in [0.15, 0.2) is 13.4 Å². The quantitative estimate of drug-likeness (QED) is 0.0582. The van der Waals surface area contributed by atoms with Gasteiger partial charge in [-0.2, -0.15) is 0 Å². The van der Waals surface area contributed by atoms with Crippen molar-refractivity contribution in [3.8, 4) is 33.6 Å². The van der Waals surface area contributed by atoms with Crippen molar-refractivity contribution in [2.45, 2.75) is 162 Å². The third kappa shape index (κ3) is 9.80. The third-order valence-corrected chi connectivity index (χ3v) is 13.4. The van der Waals surface area contributed by atoms with Crippen LogP contribution in [0.1, 0.15) is 143 Å². The Bertz CT molecular complexity index is 1600. The highest BCUT2D eigenvalue weighted by molar-refractivity contribution is 9.10. The zero-order valence-corrected chi connectivity index (χ0v) is 37.0. The highest BCUT2D eigenvalue weighted by atomic mass is 79.9. The molecule has 1 aliphatic carbocycles. The lowest BCUT2D eigenvalue weighted by Gasteiger charge is -2.34. The molecular formula is C47H64B2Br2N2. The number of pyridine rings is 2. The van der Waals surface area contributed by atoms with Crippen LogP contribution in [-0.4, -0.2) is 23.4 Å². The minimum Gasteiger partial charge on any atom is -0.255 e. The van der Waals surface area contributed by atoms with E-state index < -0.39 is 0 Å². The average molecular weight is 838 g/mol. The van der Waals surface area contributed by atoms with Crippen LogP contribution < -0.4 is 10.9 Å². The monoisotopic (exact) mass is 836 g/mol. The molecule has 0 unspecified atom stereocenters. The topological polar surface area (TPSA) is 25.8 Å². The number of nitrogens with zero attached hydrogens (tertiary/aromatic N) is 2. The van der Waals surface area contributed by atoms with Gasteiger partial charge in [0.05, 0.1) is 11.4 Å². The van der Waals surface area contributed by atoms with Crippen LogP contribution in [0.5, 0.6) is 0 Å². The minimum atomic E-state index is -0.0344. The van der Waals surface area contributed by atoms with Crippen LogP contribution in [-0.2, 0) is 5.41 Å². The van der Waals surface area contributed by atoms with Crippen LogP contribution in [0.2, 0.25) is 25.3 Å². The van der Waals surface area contributed by atoms with Crippen LogP contribution >= 0.6 is 31.9 Å². The molecule has 0 atom stereocenters. The number of hydrogen-bond donors (Lipinski definition) is 0. The summed E-state index contributed by atoms with van der Waals surface area (Å²) in [5.74, 6) is 0. The lowest BCUT2D eigenvalue weighted by molar-refractivity contribution is 0.398. The van der Waals surface area contributed by atoms with E-state index in [1.807, 2.05) is 12.4 Å². The molecule has 1 aliphatic rings. The van der Waals surface area contributed by atoms with Crippen molar-refractivity contribution in [2.24, 2.45) is 0 Å². The fourth-order valence-corrected chi connectivity index (χ4v) is 9.81. The largest absolute Gasteiger partial charge is 0.255 e. The first-order chi connectivity index (χ1) is 25.8. The highest BCUT2D eigenvalue weighted by Crippen LogP contribution is 2.55. The van der Waals surface area contributed by atoms with Crippen molar-refractivity contribution < 1.29 is 0 Å². The van der Waals surface area contributed by atoms with E-state index in [4.69, 9.17) is 9.97 Å². The number of aromatic nitrogens is 2. The molecule has 0 saturated carbocycles. The fourth-order valence-electron chi connectivity index (χ4n) is 9.34. The first-order valence-electron chi connectivity index (χ1n) is 21.5. The van der Waals surface area contributed by atoms with Gasteiger partial charge in [0.1, 0.15) is 0 Å². The second-order valence-corrected chi connectivity index (χ2v) is 17.7. The van der Waals surface area contributed by atoms with Crippen LogP contribution in [0.25, 0.3) is 33.6 Å². The maximum atomic E-state index is 5.05. The SMILES string of the molecule is CCCCCCCCC1(CCCCCCCC)c2cc(-c3ccc(Br)cn3)c(B(CC)CC)cc2-c2cc(B(CC)CC)c(-c3ccc(Br)cn3)cc21. The normalized spacial score (nSPS) is 12.9. The van der Waals surface area contributed by atoms with Gasteiger partial charge in [0, 0.05) is 26.8 Å². The van der Waals surface area contributed by atoms with Gasteiger partial charge < -0.3 is 0 Å². The summed E-state index contributed by atoms with van der Waals surface area (Å²) in [4.78, 5) is 10.1. The first-order valence-corrected chi connectivity index (χ1v) is 23.0. The molecule has 5 rings (SSSR count). The first kappa shape index (κ1) is 42.0. The van der Waals surface area contributed by atoms with Gasteiger partial charge in [-0.25, -0.2) is 0 Å². The Kier molecular flexibility index (Phi) is 16.4. The highest BCUT2D eigenvalue weighted by Gasteiger charge is 2.44. The number of rotatable bonds is 22. The van der Waals surface area contributed by atoms with E-state index in [9.17, 15) is 0 Å². The Morgan fingerprint density at radius 1 is 0.472 bits per heavy atom. The predicted octanol–water partition coefficient (Wildman–Crippen LogP) is 14.6. The minimum absolute atomic E-state index is 0.0344. The van der Waals surface area contributed by atoms with E-state index in [0.717, 1.165) is 45.6 Å². The lowest BCUT2D eigenvalue weighted by atomic mass is 9.40. The third-order valence-electron chi connectivity index (χ3n) is 12.5. The summed E-state index contributed by atoms with van der Waals surface area (Å²) in [6.07, 6.45) is 26.6. The molecule has 2 aromatic heterocycles. The zero-order chi connectivity index (χ0) is 37.8. The van der Waals surface area contributed by atoms with Crippen LogP contribution in [0.15, 0.2) is 69.9 Å². The summed E-state index contributed by atoms with van der Waals surface area (Å²) >= 11 is 7.34.